The third kappa shape index (κ3) is 3.10. The highest BCUT2D eigenvalue weighted by Gasteiger charge is 2.32. The minimum absolute atomic E-state index is 0.0519. The molecule has 0 saturated carbocycles. The highest BCUT2D eigenvalue weighted by Crippen LogP contribution is 2.29. The number of nitrogens with zero attached hydrogens (tertiary/aromatic N) is 2. The molecule has 1 aliphatic rings. The van der Waals surface area contributed by atoms with E-state index in [4.69, 9.17) is 4.74 Å². The van der Waals surface area contributed by atoms with Gasteiger partial charge in [0, 0.05) is 12.7 Å². The SMILES string of the molecule is CCn1cc(I)c(=O)n(CC2CCC(C)(C)O2)c1=O. The Hall–Kier alpha value is -0.630. The molecule has 6 heteroatoms. The van der Waals surface area contributed by atoms with Crippen molar-refractivity contribution in [3.63, 3.8) is 0 Å². The molecule has 0 radical (unpaired) electrons. The molecule has 5 nitrogen and oxygen atoms in total. The van der Waals surface area contributed by atoms with Gasteiger partial charge in [0.25, 0.3) is 5.56 Å². The van der Waals surface area contributed by atoms with Crippen LogP contribution in [0.4, 0.5) is 0 Å². The van der Waals surface area contributed by atoms with Gasteiger partial charge in [-0.25, -0.2) is 4.79 Å². The van der Waals surface area contributed by atoms with E-state index in [9.17, 15) is 9.59 Å². The van der Waals surface area contributed by atoms with Gasteiger partial charge >= 0.3 is 5.69 Å². The Bertz CT molecular complexity index is 589. The molecule has 19 heavy (non-hydrogen) atoms. The Morgan fingerprint density at radius 1 is 1.47 bits per heavy atom. The molecular weight excluding hydrogens is 359 g/mol. The van der Waals surface area contributed by atoms with E-state index >= 15 is 0 Å². The lowest BCUT2D eigenvalue weighted by atomic mass is 10.1. The summed E-state index contributed by atoms with van der Waals surface area (Å²) in [5.74, 6) is 0. The maximum absolute atomic E-state index is 12.2. The predicted octanol–water partition coefficient (Wildman–Crippen LogP) is 1.59. The van der Waals surface area contributed by atoms with E-state index in [2.05, 4.69) is 0 Å². The van der Waals surface area contributed by atoms with Gasteiger partial charge in [-0.2, -0.15) is 0 Å². The lowest BCUT2D eigenvalue weighted by molar-refractivity contribution is -0.0226. The van der Waals surface area contributed by atoms with Crippen LogP contribution in [-0.4, -0.2) is 20.8 Å². The molecule has 1 unspecified atom stereocenters. The minimum atomic E-state index is -0.249. The van der Waals surface area contributed by atoms with Gasteiger partial charge in [0.15, 0.2) is 0 Å². The van der Waals surface area contributed by atoms with Gasteiger partial charge in [0.05, 0.1) is 21.8 Å². The third-order valence-corrected chi connectivity index (χ3v) is 4.22. The molecule has 0 aromatic carbocycles. The van der Waals surface area contributed by atoms with Gasteiger partial charge in [-0.05, 0) is 56.2 Å². The molecule has 2 rings (SSSR count). The standard InChI is InChI=1S/C13H19IN2O3/c1-4-15-8-10(14)11(17)16(12(15)18)7-9-5-6-13(2,3)19-9/h8-9H,4-7H2,1-3H3. The summed E-state index contributed by atoms with van der Waals surface area (Å²) in [4.78, 5) is 24.3. The Morgan fingerprint density at radius 2 is 2.16 bits per heavy atom. The minimum Gasteiger partial charge on any atom is -0.370 e. The van der Waals surface area contributed by atoms with Crippen LogP contribution in [0, 0.1) is 3.57 Å². The second-order valence-electron chi connectivity index (χ2n) is 5.50. The molecular formula is C13H19IN2O3. The number of hydrogen-bond donors (Lipinski definition) is 0. The summed E-state index contributed by atoms with van der Waals surface area (Å²) < 4.78 is 9.29. The Balaban J connectivity index is 2.33. The first kappa shape index (κ1) is 14.8. The molecule has 1 aromatic heterocycles. The van der Waals surface area contributed by atoms with E-state index < -0.39 is 0 Å². The first-order chi connectivity index (χ1) is 8.84. The molecule has 0 aliphatic carbocycles. The van der Waals surface area contributed by atoms with E-state index in [1.807, 2.05) is 43.4 Å². The van der Waals surface area contributed by atoms with Crippen LogP contribution in [0.25, 0.3) is 0 Å². The van der Waals surface area contributed by atoms with Gasteiger partial charge < -0.3 is 4.74 Å². The van der Waals surface area contributed by atoms with Crippen molar-refractivity contribution in [2.45, 2.75) is 58.4 Å². The molecule has 2 heterocycles. The number of hydrogen-bond acceptors (Lipinski definition) is 3. The number of aromatic nitrogens is 2. The van der Waals surface area contributed by atoms with Gasteiger partial charge in [0.2, 0.25) is 0 Å². The Labute approximate surface area is 125 Å². The van der Waals surface area contributed by atoms with Gasteiger partial charge in [-0.15, -0.1) is 0 Å². The quantitative estimate of drug-likeness (QED) is 0.751. The fourth-order valence-electron chi connectivity index (χ4n) is 2.42. The third-order valence-electron chi connectivity index (χ3n) is 3.48. The highest BCUT2D eigenvalue weighted by atomic mass is 127. The van der Waals surface area contributed by atoms with Crippen LogP contribution >= 0.6 is 22.6 Å². The van der Waals surface area contributed by atoms with Crippen molar-refractivity contribution in [1.29, 1.82) is 0 Å². The summed E-state index contributed by atoms with van der Waals surface area (Å²) in [5.41, 5.74) is -0.621. The molecule has 0 amide bonds. The lowest BCUT2D eigenvalue weighted by Gasteiger charge is -2.20. The van der Waals surface area contributed by atoms with Crippen molar-refractivity contribution in [3.05, 3.63) is 30.6 Å². The van der Waals surface area contributed by atoms with Crippen LogP contribution in [0.15, 0.2) is 15.8 Å². The Morgan fingerprint density at radius 3 is 2.68 bits per heavy atom. The van der Waals surface area contributed by atoms with E-state index in [1.165, 1.54) is 4.57 Å². The first-order valence-electron chi connectivity index (χ1n) is 6.51. The predicted molar refractivity (Wildman–Crippen MR) is 81.5 cm³/mol. The van der Waals surface area contributed by atoms with Crippen molar-refractivity contribution in [2.75, 3.05) is 0 Å². The number of aryl methyl sites for hydroxylation is 1. The summed E-state index contributed by atoms with van der Waals surface area (Å²) >= 11 is 1.98. The first-order valence-corrected chi connectivity index (χ1v) is 7.59. The van der Waals surface area contributed by atoms with Crippen LogP contribution in [-0.2, 0) is 17.8 Å². The molecule has 0 spiro atoms. The molecule has 1 fully saturated rings. The summed E-state index contributed by atoms with van der Waals surface area (Å²) in [6.45, 7) is 6.87. The van der Waals surface area contributed by atoms with Crippen LogP contribution in [0.5, 0.6) is 0 Å². The molecule has 1 aromatic rings. The van der Waals surface area contributed by atoms with Crippen molar-refractivity contribution in [3.8, 4) is 0 Å². The van der Waals surface area contributed by atoms with E-state index in [-0.39, 0.29) is 23.0 Å². The second kappa shape index (κ2) is 5.40. The second-order valence-corrected chi connectivity index (χ2v) is 6.66. The highest BCUT2D eigenvalue weighted by molar-refractivity contribution is 14.1. The zero-order valence-electron chi connectivity index (χ0n) is 11.5. The van der Waals surface area contributed by atoms with E-state index in [0.29, 0.717) is 16.7 Å². The van der Waals surface area contributed by atoms with Crippen molar-refractivity contribution in [1.82, 2.24) is 9.13 Å². The van der Waals surface area contributed by atoms with Crippen LogP contribution in [0.2, 0.25) is 0 Å². The fourth-order valence-corrected chi connectivity index (χ4v) is 3.04. The van der Waals surface area contributed by atoms with Crippen molar-refractivity contribution >= 4 is 22.6 Å². The van der Waals surface area contributed by atoms with Crippen LogP contribution in [0.3, 0.4) is 0 Å². The zero-order chi connectivity index (χ0) is 14.2. The van der Waals surface area contributed by atoms with Gasteiger partial charge in [0.1, 0.15) is 0 Å². The fraction of sp³-hybridized carbons (Fsp3) is 0.692. The summed E-state index contributed by atoms with van der Waals surface area (Å²) in [6, 6.07) is 0. The van der Waals surface area contributed by atoms with Gasteiger partial charge in [-0.3, -0.25) is 13.9 Å². The van der Waals surface area contributed by atoms with Crippen LogP contribution in [0.1, 0.15) is 33.6 Å². The molecule has 1 aliphatic heterocycles. The van der Waals surface area contributed by atoms with E-state index in [0.717, 1.165) is 12.8 Å². The maximum Gasteiger partial charge on any atom is 0.331 e. The maximum atomic E-state index is 12.2. The normalized spacial score (nSPS) is 21.8. The summed E-state index contributed by atoms with van der Waals surface area (Å²) in [6.07, 6.45) is 3.40. The number of rotatable bonds is 3. The average Bonchev–Trinajstić information content (AvgIpc) is 2.69. The van der Waals surface area contributed by atoms with Crippen molar-refractivity contribution in [2.24, 2.45) is 0 Å². The topological polar surface area (TPSA) is 53.2 Å². The average molecular weight is 378 g/mol. The number of ether oxygens (including phenoxy) is 1. The largest absolute Gasteiger partial charge is 0.370 e. The molecule has 1 saturated heterocycles. The van der Waals surface area contributed by atoms with Crippen LogP contribution < -0.4 is 11.2 Å². The van der Waals surface area contributed by atoms with Crippen molar-refractivity contribution < 1.29 is 4.74 Å². The van der Waals surface area contributed by atoms with Gasteiger partial charge in [-0.1, -0.05) is 0 Å². The summed E-state index contributed by atoms with van der Waals surface area (Å²) in [7, 11) is 0. The molecule has 0 N–H and O–H groups in total. The molecule has 106 valence electrons. The van der Waals surface area contributed by atoms with E-state index in [1.54, 1.807) is 10.8 Å². The lowest BCUT2D eigenvalue weighted by Crippen LogP contribution is -2.43. The molecule has 0 bridgehead atoms. The monoisotopic (exact) mass is 378 g/mol. The number of halogens is 1. The smallest absolute Gasteiger partial charge is 0.331 e. The Kier molecular flexibility index (Phi) is 4.20. The summed E-state index contributed by atoms with van der Waals surface area (Å²) in [5, 5.41) is 0. The molecule has 1 atom stereocenters. The zero-order valence-corrected chi connectivity index (χ0v) is 13.6.